The van der Waals surface area contributed by atoms with E-state index in [0.717, 1.165) is 4.90 Å². The van der Waals surface area contributed by atoms with Gasteiger partial charge in [-0.05, 0) is 12.8 Å². The average molecular weight is 551 g/mol. The summed E-state index contributed by atoms with van der Waals surface area (Å²) in [6.07, 6.45) is -16.2. The predicted octanol–water partition coefficient (Wildman–Crippen LogP) is -6.47. The highest BCUT2D eigenvalue weighted by atomic mass is 16.7. The number of nitrogens with one attached hydrogen (secondary N) is 1. The Balaban J connectivity index is 1.33. The summed E-state index contributed by atoms with van der Waals surface area (Å²) in [6, 6.07) is 0. The third kappa shape index (κ3) is 5.18. The fourth-order valence-corrected chi connectivity index (χ4v) is 5.56. The molecule has 3 amide bonds. The normalized spacial score (nSPS) is 39.7. The molecule has 0 aliphatic carbocycles. The van der Waals surface area contributed by atoms with Gasteiger partial charge in [0.2, 0.25) is 11.8 Å². The first-order chi connectivity index (χ1) is 18.0. The van der Waals surface area contributed by atoms with Crippen molar-refractivity contribution in [2.75, 3.05) is 26.3 Å². The number of rotatable bonds is 11. The van der Waals surface area contributed by atoms with Gasteiger partial charge in [0.15, 0.2) is 12.4 Å². The molecular weight excluding hydrogens is 516 g/mol. The Morgan fingerprint density at radius 2 is 1.58 bits per heavy atom. The maximum absolute atomic E-state index is 12.7. The molecule has 0 saturated carbocycles. The molecule has 9 N–H and O–H groups in total. The summed E-state index contributed by atoms with van der Waals surface area (Å²) >= 11 is 0. The number of aliphatic hydroxyl groups is 8. The highest BCUT2D eigenvalue weighted by molar-refractivity contribution is 6.06. The number of likely N-dealkylation sites (tertiary alicyclic amines) is 1. The summed E-state index contributed by atoms with van der Waals surface area (Å²) in [7, 11) is 0. The highest BCUT2D eigenvalue weighted by Crippen LogP contribution is 2.48. The second-order valence-corrected chi connectivity index (χ2v) is 9.94. The van der Waals surface area contributed by atoms with E-state index in [4.69, 9.17) is 14.2 Å². The zero-order chi connectivity index (χ0) is 27.9. The van der Waals surface area contributed by atoms with Crippen molar-refractivity contribution in [1.82, 2.24) is 10.2 Å². The van der Waals surface area contributed by atoms with Gasteiger partial charge in [-0.1, -0.05) is 0 Å². The second kappa shape index (κ2) is 11.7. The number of hydrogen-bond acceptors (Lipinski definition) is 14. The monoisotopic (exact) mass is 550 g/mol. The Labute approximate surface area is 216 Å². The minimum atomic E-state index is -2.25. The summed E-state index contributed by atoms with van der Waals surface area (Å²) in [5.41, 5.74) is 0. The lowest BCUT2D eigenvalue weighted by atomic mass is 9.81. The molecule has 4 heterocycles. The van der Waals surface area contributed by atoms with Crippen LogP contribution < -0.4 is 5.32 Å². The molecule has 216 valence electrons. The van der Waals surface area contributed by atoms with Crippen LogP contribution in [0.5, 0.6) is 0 Å². The highest BCUT2D eigenvalue weighted by Gasteiger charge is 2.62. The van der Waals surface area contributed by atoms with E-state index in [-0.39, 0.29) is 37.1 Å². The Kier molecular flexibility index (Phi) is 9.00. The van der Waals surface area contributed by atoms with Gasteiger partial charge in [-0.2, -0.15) is 0 Å². The Bertz CT molecular complexity index is 862. The van der Waals surface area contributed by atoms with E-state index in [1.165, 1.54) is 0 Å². The summed E-state index contributed by atoms with van der Waals surface area (Å²) in [5, 5.41) is 81.8. The largest absolute Gasteiger partial charge is 0.394 e. The van der Waals surface area contributed by atoms with E-state index in [9.17, 15) is 55.2 Å². The lowest BCUT2D eigenvalue weighted by Crippen LogP contribution is -2.62. The zero-order valence-electron chi connectivity index (χ0n) is 20.2. The van der Waals surface area contributed by atoms with Crippen molar-refractivity contribution in [3.05, 3.63) is 0 Å². The first-order valence-corrected chi connectivity index (χ1v) is 12.4. The second-order valence-electron chi connectivity index (χ2n) is 9.94. The molecule has 0 aromatic rings. The minimum Gasteiger partial charge on any atom is -0.394 e. The third-order valence-corrected chi connectivity index (χ3v) is 7.65. The molecule has 4 rings (SSSR count). The predicted molar refractivity (Wildman–Crippen MR) is 118 cm³/mol. The van der Waals surface area contributed by atoms with Crippen molar-refractivity contribution >= 4 is 17.7 Å². The van der Waals surface area contributed by atoms with Crippen LogP contribution >= 0.6 is 0 Å². The van der Waals surface area contributed by atoms with Crippen LogP contribution in [0.2, 0.25) is 0 Å². The number of ether oxygens (including phenoxy) is 3. The molecule has 13 atom stereocenters. The van der Waals surface area contributed by atoms with Crippen molar-refractivity contribution in [1.29, 1.82) is 0 Å². The number of nitrogens with zero attached hydrogens (tertiary/aromatic N) is 1. The lowest BCUT2D eigenvalue weighted by Gasteiger charge is -2.42. The molecule has 0 aromatic heterocycles. The molecule has 4 fully saturated rings. The summed E-state index contributed by atoms with van der Waals surface area (Å²) < 4.78 is 16.1. The molecule has 4 saturated heterocycles. The molecule has 0 radical (unpaired) electrons. The Morgan fingerprint density at radius 3 is 2.13 bits per heavy atom. The molecule has 16 heteroatoms. The van der Waals surface area contributed by atoms with Crippen molar-refractivity contribution in [2.24, 2.45) is 11.8 Å². The van der Waals surface area contributed by atoms with Crippen LogP contribution in [-0.2, 0) is 28.6 Å². The maximum atomic E-state index is 12.7. The van der Waals surface area contributed by atoms with E-state index in [1.807, 2.05) is 0 Å². The molecular formula is C22H34N2O14. The number of hydrogen-bond donors (Lipinski definition) is 9. The average Bonchev–Trinajstić information content (AvgIpc) is 3.60. The maximum Gasteiger partial charge on any atom is 0.251 e. The summed E-state index contributed by atoms with van der Waals surface area (Å²) in [6.45, 7) is -2.23. The van der Waals surface area contributed by atoms with Crippen LogP contribution in [-0.4, -0.2) is 157 Å². The van der Waals surface area contributed by atoms with Crippen molar-refractivity contribution in [2.45, 2.75) is 80.2 Å². The van der Waals surface area contributed by atoms with Gasteiger partial charge in [-0.15, -0.1) is 0 Å². The fraction of sp³-hybridized carbons (Fsp3) is 0.864. The molecule has 38 heavy (non-hydrogen) atoms. The van der Waals surface area contributed by atoms with Gasteiger partial charge in [0, 0.05) is 13.1 Å². The van der Waals surface area contributed by atoms with Crippen LogP contribution in [0.3, 0.4) is 0 Å². The Hall–Kier alpha value is -1.83. The van der Waals surface area contributed by atoms with Crippen molar-refractivity contribution in [3.63, 3.8) is 0 Å². The van der Waals surface area contributed by atoms with Crippen LogP contribution in [0.15, 0.2) is 0 Å². The van der Waals surface area contributed by atoms with Gasteiger partial charge in [-0.3, -0.25) is 19.3 Å². The number of aliphatic hydroxyl groups excluding tert-OH is 8. The van der Waals surface area contributed by atoms with E-state index >= 15 is 0 Å². The topological polar surface area (TPSA) is 256 Å². The number of fused-ring (bicyclic) bond motifs is 5. The molecule has 0 aromatic carbocycles. The molecule has 4 aliphatic rings. The van der Waals surface area contributed by atoms with Gasteiger partial charge < -0.3 is 60.4 Å². The number of imide groups is 1. The summed E-state index contributed by atoms with van der Waals surface area (Å²) in [5.74, 6) is -3.01. The molecule has 0 spiro atoms. The molecule has 16 nitrogen and oxygen atoms in total. The first-order valence-electron chi connectivity index (χ1n) is 12.4. The lowest BCUT2D eigenvalue weighted by molar-refractivity contribution is -0.326. The number of amides is 3. The number of carbonyl (C=O) groups excluding carboxylic acids is 3. The van der Waals surface area contributed by atoms with Gasteiger partial charge >= 0.3 is 0 Å². The quantitative estimate of drug-likeness (QED) is 0.108. The molecule has 10 unspecified atom stereocenters. The van der Waals surface area contributed by atoms with E-state index in [2.05, 4.69) is 5.32 Å². The van der Waals surface area contributed by atoms with Crippen molar-refractivity contribution < 1.29 is 69.4 Å². The first kappa shape index (κ1) is 29.2. The van der Waals surface area contributed by atoms with Crippen LogP contribution in [0.4, 0.5) is 0 Å². The fourth-order valence-electron chi connectivity index (χ4n) is 5.56. The smallest absolute Gasteiger partial charge is 0.251 e. The third-order valence-electron chi connectivity index (χ3n) is 7.65. The zero-order valence-corrected chi connectivity index (χ0v) is 20.2. The standard InChI is InChI=1S/C22H34N2O14/c25-5-7(27)18(38-22-17(32)14(29)13(28)10(6-26)37-22)15(30)16(31)19(33)23-3-4-24-20(34)11-8-1-2-9(36-8)12(11)21(24)35/h7-18,22,25-32H,1-6H2,(H,23,33)/t7?,8?,9?,10?,11?,12?,13-,14-,15?,16?,17?,18?,22-/m0/s1. The van der Waals surface area contributed by atoms with Crippen LogP contribution in [0.1, 0.15) is 12.8 Å². The van der Waals surface area contributed by atoms with E-state index < -0.39 is 86.1 Å². The number of carbonyl (C=O) groups is 3. The van der Waals surface area contributed by atoms with Crippen LogP contribution in [0.25, 0.3) is 0 Å². The molecule has 4 aliphatic heterocycles. The Morgan fingerprint density at radius 1 is 0.974 bits per heavy atom. The van der Waals surface area contributed by atoms with Gasteiger partial charge in [-0.25, -0.2) is 0 Å². The van der Waals surface area contributed by atoms with Crippen molar-refractivity contribution in [3.8, 4) is 0 Å². The van der Waals surface area contributed by atoms with E-state index in [1.54, 1.807) is 0 Å². The minimum absolute atomic E-state index is 0.178. The SMILES string of the molecule is O=C(NCCN1C(=O)C2C3CCC(O3)C2C1=O)C(O)C(O)C(O[C@@H]1OC(CO)[C@H](O)[C@H](O)C1O)C(O)CO. The van der Waals surface area contributed by atoms with Gasteiger partial charge in [0.25, 0.3) is 5.91 Å². The van der Waals surface area contributed by atoms with E-state index in [0.29, 0.717) is 12.8 Å². The van der Waals surface area contributed by atoms with Gasteiger partial charge in [0.1, 0.15) is 42.7 Å². The van der Waals surface area contributed by atoms with Gasteiger partial charge in [0.05, 0.1) is 37.3 Å². The molecule has 2 bridgehead atoms. The van der Waals surface area contributed by atoms with Crippen LogP contribution in [0, 0.1) is 11.8 Å². The summed E-state index contributed by atoms with van der Waals surface area (Å²) in [4.78, 5) is 38.9.